The van der Waals surface area contributed by atoms with Crippen molar-refractivity contribution in [2.24, 2.45) is 5.92 Å². The summed E-state index contributed by atoms with van der Waals surface area (Å²) < 4.78 is 27.2. The average molecular weight is 416 g/mol. The van der Waals surface area contributed by atoms with Crippen LogP contribution in [0.25, 0.3) is 0 Å². The minimum Gasteiger partial charge on any atom is -0.326 e. The summed E-state index contributed by atoms with van der Waals surface area (Å²) in [7, 11) is -3.62. The highest BCUT2D eigenvalue weighted by Gasteiger charge is 2.33. The highest BCUT2D eigenvalue weighted by Crippen LogP contribution is 2.25. The molecule has 2 amide bonds. The fourth-order valence-corrected chi connectivity index (χ4v) is 4.84. The Morgan fingerprint density at radius 1 is 0.966 bits per heavy atom. The van der Waals surface area contributed by atoms with Crippen LogP contribution in [0.3, 0.4) is 0 Å². The Labute approximate surface area is 171 Å². The first-order valence-electron chi connectivity index (χ1n) is 9.51. The molecule has 0 spiro atoms. The van der Waals surface area contributed by atoms with Gasteiger partial charge in [-0.25, -0.2) is 8.42 Å². The normalized spacial score (nSPS) is 17.5. The number of hydrogen-bond donors (Lipinski definition) is 2. The molecule has 154 valence electrons. The number of aryl methyl sites for hydroxylation is 1. The minimum atomic E-state index is -3.62. The Hall–Kier alpha value is -2.71. The summed E-state index contributed by atoms with van der Waals surface area (Å²) in [4.78, 5) is 24.0. The first-order valence-corrected chi connectivity index (χ1v) is 10.9. The van der Waals surface area contributed by atoms with Gasteiger partial charge >= 0.3 is 0 Å². The molecule has 1 aliphatic heterocycles. The molecule has 8 heteroatoms. The smallest absolute Gasteiger partial charge is 0.243 e. The van der Waals surface area contributed by atoms with Gasteiger partial charge in [0.25, 0.3) is 0 Å². The number of anilines is 2. The third kappa shape index (κ3) is 5.21. The molecule has 0 aromatic heterocycles. The zero-order valence-electron chi connectivity index (χ0n) is 16.5. The van der Waals surface area contributed by atoms with E-state index in [4.69, 9.17) is 0 Å². The van der Waals surface area contributed by atoms with Gasteiger partial charge in [-0.2, -0.15) is 4.31 Å². The topological polar surface area (TPSA) is 95.6 Å². The molecule has 1 atom stereocenters. The molecule has 29 heavy (non-hydrogen) atoms. The van der Waals surface area contributed by atoms with Crippen molar-refractivity contribution in [1.82, 2.24) is 4.31 Å². The Bertz CT molecular complexity index is 986. The van der Waals surface area contributed by atoms with Crippen molar-refractivity contribution in [3.05, 3.63) is 54.1 Å². The van der Waals surface area contributed by atoms with Crippen LogP contribution in [0, 0.1) is 12.8 Å². The first kappa shape index (κ1) is 21.0. The summed E-state index contributed by atoms with van der Waals surface area (Å²) in [5.41, 5.74) is 2.23. The summed E-state index contributed by atoms with van der Waals surface area (Å²) >= 11 is 0. The fraction of sp³-hybridized carbons (Fsp3) is 0.333. The zero-order valence-corrected chi connectivity index (χ0v) is 17.3. The van der Waals surface area contributed by atoms with Crippen LogP contribution in [0.5, 0.6) is 0 Å². The van der Waals surface area contributed by atoms with Crippen LogP contribution in [-0.4, -0.2) is 37.6 Å². The lowest BCUT2D eigenvalue weighted by molar-refractivity contribution is -0.121. The molecule has 2 N–H and O–H groups in total. The van der Waals surface area contributed by atoms with E-state index in [0.29, 0.717) is 30.8 Å². The number of nitrogens with zero attached hydrogens (tertiary/aromatic N) is 1. The molecule has 0 saturated carbocycles. The molecular weight excluding hydrogens is 390 g/mol. The van der Waals surface area contributed by atoms with E-state index < -0.39 is 15.9 Å². The van der Waals surface area contributed by atoms with Crippen LogP contribution in [0.2, 0.25) is 0 Å². The molecule has 1 saturated heterocycles. The van der Waals surface area contributed by atoms with Gasteiger partial charge in [-0.15, -0.1) is 0 Å². The number of amides is 2. The standard InChI is InChI=1S/C21H25N3O4S/c1-15-5-11-20(12-6-15)29(27,28)24-13-3-4-17(14-24)21(26)23-19-9-7-18(8-10-19)22-16(2)25/h5-12,17H,3-4,13-14H2,1-2H3,(H,22,25)(H,23,26). The molecule has 1 heterocycles. The largest absolute Gasteiger partial charge is 0.326 e. The van der Waals surface area contributed by atoms with E-state index in [1.807, 2.05) is 6.92 Å². The van der Waals surface area contributed by atoms with Crippen LogP contribution in [-0.2, 0) is 19.6 Å². The maximum absolute atomic E-state index is 12.9. The molecule has 0 radical (unpaired) electrons. The third-order valence-electron chi connectivity index (χ3n) is 4.89. The predicted octanol–water partition coefficient (Wildman–Crippen LogP) is 2.99. The van der Waals surface area contributed by atoms with Gasteiger partial charge in [-0.1, -0.05) is 17.7 Å². The van der Waals surface area contributed by atoms with Crippen LogP contribution in [0.4, 0.5) is 11.4 Å². The SMILES string of the molecule is CC(=O)Nc1ccc(NC(=O)C2CCCN(S(=O)(=O)c3ccc(C)cc3)C2)cc1. The minimum absolute atomic E-state index is 0.159. The average Bonchev–Trinajstić information content (AvgIpc) is 2.69. The Morgan fingerprint density at radius 2 is 1.55 bits per heavy atom. The number of rotatable bonds is 5. The summed E-state index contributed by atoms with van der Waals surface area (Å²) in [6.45, 7) is 3.90. The first-order chi connectivity index (χ1) is 13.8. The van der Waals surface area contributed by atoms with E-state index in [-0.39, 0.29) is 23.3 Å². The van der Waals surface area contributed by atoms with E-state index in [2.05, 4.69) is 10.6 Å². The summed E-state index contributed by atoms with van der Waals surface area (Å²) in [6.07, 6.45) is 1.26. The van der Waals surface area contributed by atoms with Crippen molar-refractivity contribution in [1.29, 1.82) is 0 Å². The van der Waals surface area contributed by atoms with E-state index in [1.165, 1.54) is 11.2 Å². The van der Waals surface area contributed by atoms with Crippen LogP contribution >= 0.6 is 0 Å². The van der Waals surface area contributed by atoms with Gasteiger partial charge in [-0.05, 0) is 56.2 Å². The van der Waals surface area contributed by atoms with Crippen molar-refractivity contribution >= 4 is 33.2 Å². The van der Waals surface area contributed by atoms with Crippen molar-refractivity contribution < 1.29 is 18.0 Å². The Balaban J connectivity index is 1.66. The predicted molar refractivity (Wildman–Crippen MR) is 112 cm³/mol. The second-order valence-electron chi connectivity index (χ2n) is 7.26. The Morgan fingerprint density at radius 3 is 2.14 bits per heavy atom. The maximum Gasteiger partial charge on any atom is 0.243 e. The van der Waals surface area contributed by atoms with E-state index in [1.54, 1.807) is 48.5 Å². The number of carbonyl (C=O) groups is 2. The lowest BCUT2D eigenvalue weighted by atomic mass is 9.98. The molecule has 0 aliphatic carbocycles. The molecule has 2 aromatic rings. The highest BCUT2D eigenvalue weighted by atomic mass is 32.2. The number of sulfonamides is 1. The van der Waals surface area contributed by atoms with E-state index >= 15 is 0 Å². The van der Waals surface area contributed by atoms with Crippen molar-refractivity contribution in [2.75, 3.05) is 23.7 Å². The monoisotopic (exact) mass is 415 g/mol. The van der Waals surface area contributed by atoms with Gasteiger partial charge in [-0.3, -0.25) is 9.59 Å². The van der Waals surface area contributed by atoms with Gasteiger partial charge in [0.15, 0.2) is 0 Å². The second kappa shape index (κ2) is 8.75. The molecular formula is C21H25N3O4S. The van der Waals surface area contributed by atoms with Gasteiger partial charge in [0.1, 0.15) is 0 Å². The summed E-state index contributed by atoms with van der Waals surface area (Å²) in [6, 6.07) is 13.5. The van der Waals surface area contributed by atoms with Crippen molar-refractivity contribution in [2.45, 2.75) is 31.6 Å². The zero-order chi connectivity index (χ0) is 21.0. The molecule has 1 aliphatic rings. The molecule has 3 rings (SSSR count). The maximum atomic E-state index is 12.9. The van der Waals surface area contributed by atoms with Gasteiger partial charge in [0.05, 0.1) is 10.8 Å². The molecule has 2 aromatic carbocycles. The summed E-state index contributed by atoms with van der Waals surface area (Å²) in [5, 5.41) is 5.50. The third-order valence-corrected chi connectivity index (χ3v) is 6.77. The van der Waals surface area contributed by atoms with E-state index in [9.17, 15) is 18.0 Å². The molecule has 7 nitrogen and oxygen atoms in total. The lowest BCUT2D eigenvalue weighted by Gasteiger charge is -2.31. The quantitative estimate of drug-likeness (QED) is 0.785. The van der Waals surface area contributed by atoms with Gasteiger partial charge in [0.2, 0.25) is 21.8 Å². The van der Waals surface area contributed by atoms with Crippen LogP contribution in [0.1, 0.15) is 25.3 Å². The van der Waals surface area contributed by atoms with Crippen LogP contribution < -0.4 is 10.6 Å². The van der Waals surface area contributed by atoms with Crippen LogP contribution in [0.15, 0.2) is 53.4 Å². The van der Waals surface area contributed by atoms with E-state index in [0.717, 1.165) is 5.56 Å². The Kier molecular flexibility index (Phi) is 6.34. The lowest BCUT2D eigenvalue weighted by Crippen LogP contribution is -2.43. The number of piperidine rings is 1. The number of carbonyl (C=O) groups excluding carboxylic acids is 2. The molecule has 0 bridgehead atoms. The number of nitrogens with one attached hydrogen (secondary N) is 2. The number of benzene rings is 2. The highest BCUT2D eigenvalue weighted by molar-refractivity contribution is 7.89. The molecule has 1 fully saturated rings. The molecule has 1 unspecified atom stereocenters. The fourth-order valence-electron chi connectivity index (χ4n) is 3.32. The van der Waals surface area contributed by atoms with Gasteiger partial charge in [0, 0.05) is 31.4 Å². The summed E-state index contributed by atoms with van der Waals surface area (Å²) in [5.74, 6) is -0.793. The van der Waals surface area contributed by atoms with Gasteiger partial charge < -0.3 is 10.6 Å². The van der Waals surface area contributed by atoms with Crippen molar-refractivity contribution in [3.8, 4) is 0 Å². The van der Waals surface area contributed by atoms with Crippen molar-refractivity contribution in [3.63, 3.8) is 0 Å². The number of hydrogen-bond acceptors (Lipinski definition) is 4. The second-order valence-corrected chi connectivity index (χ2v) is 9.20.